The summed E-state index contributed by atoms with van der Waals surface area (Å²) < 4.78 is 5.94. The van der Waals surface area contributed by atoms with Crippen LogP contribution in [0.4, 0.5) is 0 Å². The Kier molecular flexibility index (Phi) is 5.64. The Morgan fingerprint density at radius 1 is 1.27 bits per heavy atom. The van der Waals surface area contributed by atoms with E-state index in [4.69, 9.17) is 17.0 Å². The van der Waals surface area contributed by atoms with Crippen molar-refractivity contribution in [3.8, 4) is 11.5 Å². The third-order valence-corrected chi connectivity index (χ3v) is 5.40. The second-order valence-corrected chi connectivity index (χ2v) is 7.47. The molecule has 0 unspecified atom stereocenters. The van der Waals surface area contributed by atoms with Gasteiger partial charge in [-0.3, -0.25) is 9.69 Å². The van der Waals surface area contributed by atoms with Crippen LogP contribution in [-0.2, 0) is 4.79 Å². The van der Waals surface area contributed by atoms with Gasteiger partial charge in [0.1, 0.15) is 4.32 Å². The molecule has 1 atom stereocenters. The summed E-state index contributed by atoms with van der Waals surface area (Å²) in [7, 11) is 0. The maximum Gasteiger partial charge on any atom is 0.266 e. The number of carbonyl (C=O) groups is 1. The minimum Gasteiger partial charge on any atom is -0.504 e. The zero-order valence-electron chi connectivity index (χ0n) is 14.5. The lowest BCUT2D eigenvalue weighted by molar-refractivity contribution is -0.123. The molecule has 2 aromatic rings. The van der Waals surface area contributed by atoms with Gasteiger partial charge in [0.15, 0.2) is 11.5 Å². The van der Waals surface area contributed by atoms with Gasteiger partial charge in [-0.15, -0.1) is 0 Å². The van der Waals surface area contributed by atoms with Crippen LogP contribution in [0.1, 0.15) is 31.0 Å². The topological polar surface area (TPSA) is 49.8 Å². The molecule has 3 rings (SSSR count). The largest absolute Gasteiger partial charge is 0.504 e. The Balaban J connectivity index is 1.87. The van der Waals surface area contributed by atoms with Crippen molar-refractivity contribution in [2.45, 2.75) is 19.9 Å². The van der Waals surface area contributed by atoms with Crippen molar-refractivity contribution >= 4 is 40.3 Å². The number of amides is 1. The van der Waals surface area contributed by atoms with Gasteiger partial charge in [-0.25, -0.2) is 0 Å². The van der Waals surface area contributed by atoms with Crippen LogP contribution < -0.4 is 4.74 Å². The number of thioether (sulfide) groups is 1. The van der Waals surface area contributed by atoms with E-state index in [1.165, 1.54) is 11.8 Å². The molecular formula is C20H19NO3S2. The van der Waals surface area contributed by atoms with E-state index in [1.807, 2.05) is 44.2 Å². The van der Waals surface area contributed by atoms with Crippen molar-refractivity contribution < 1.29 is 14.6 Å². The standard InChI is InChI=1S/C20H19NO3S2/c1-3-24-17-11-14(9-10-16(17)22)12-18-19(23)21(20(25)26-18)13(2)15-7-5-4-6-8-15/h4-13,22H,3H2,1-2H3/b18-12-/t13-/m1/s1. The van der Waals surface area contributed by atoms with Crippen LogP contribution in [-0.4, -0.2) is 26.8 Å². The number of hydrogen-bond donors (Lipinski definition) is 1. The van der Waals surface area contributed by atoms with Crippen LogP contribution in [0.15, 0.2) is 53.4 Å². The number of nitrogens with zero attached hydrogens (tertiary/aromatic N) is 1. The first-order chi connectivity index (χ1) is 12.5. The van der Waals surface area contributed by atoms with E-state index in [2.05, 4.69) is 0 Å². The molecule has 0 radical (unpaired) electrons. The molecule has 1 N–H and O–H groups in total. The molecule has 0 bridgehead atoms. The van der Waals surface area contributed by atoms with Gasteiger partial charge in [0.25, 0.3) is 5.91 Å². The molecule has 0 spiro atoms. The normalized spacial score (nSPS) is 17.0. The summed E-state index contributed by atoms with van der Waals surface area (Å²) >= 11 is 6.73. The summed E-state index contributed by atoms with van der Waals surface area (Å²) in [6.07, 6.45) is 1.78. The lowest BCUT2D eigenvalue weighted by Gasteiger charge is -2.23. The lowest BCUT2D eigenvalue weighted by atomic mass is 10.1. The first-order valence-electron chi connectivity index (χ1n) is 8.29. The van der Waals surface area contributed by atoms with Crippen molar-refractivity contribution in [3.05, 3.63) is 64.6 Å². The molecule has 134 valence electrons. The van der Waals surface area contributed by atoms with Crippen molar-refractivity contribution in [3.63, 3.8) is 0 Å². The molecule has 1 amide bonds. The van der Waals surface area contributed by atoms with Gasteiger partial charge < -0.3 is 9.84 Å². The Morgan fingerprint density at radius 3 is 2.69 bits per heavy atom. The molecule has 1 saturated heterocycles. The first kappa shape index (κ1) is 18.5. The summed E-state index contributed by atoms with van der Waals surface area (Å²) in [5.41, 5.74) is 1.81. The molecule has 1 aliphatic rings. The first-order valence-corrected chi connectivity index (χ1v) is 9.51. The molecule has 1 heterocycles. The average Bonchev–Trinajstić information content (AvgIpc) is 2.92. The van der Waals surface area contributed by atoms with Crippen molar-refractivity contribution in [2.24, 2.45) is 0 Å². The Bertz CT molecular complexity index is 865. The maximum atomic E-state index is 12.9. The van der Waals surface area contributed by atoms with E-state index in [9.17, 15) is 9.90 Å². The number of rotatable bonds is 5. The van der Waals surface area contributed by atoms with Crippen molar-refractivity contribution in [2.75, 3.05) is 6.61 Å². The van der Waals surface area contributed by atoms with Gasteiger partial charge in [-0.05, 0) is 43.2 Å². The van der Waals surface area contributed by atoms with E-state index in [-0.39, 0.29) is 17.7 Å². The number of aromatic hydroxyl groups is 1. The summed E-state index contributed by atoms with van der Waals surface area (Å²) in [5, 5.41) is 9.82. The maximum absolute atomic E-state index is 12.9. The molecule has 4 nitrogen and oxygen atoms in total. The van der Waals surface area contributed by atoms with Gasteiger partial charge in [-0.2, -0.15) is 0 Å². The predicted octanol–water partition coefficient (Wildman–Crippen LogP) is 4.75. The number of phenols is 1. The van der Waals surface area contributed by atoms with Gasteiger partial charge in [-0.1, -0.05) is 60.4 Å². The van der Waals surface area contributed by atoms with E-state index in [0.29, 0.717) is 21.6 Å². The zero-order valence-corrected chi connectivity index (χ0v) is 16.1. The quantitative estimate of drug-likeness (QED) is 0.594. The molecular weight excluding hydrogens is 366 g/mol. The van der Waals surface area contributed by atoms with E-state index in [1.54, 1.807) is 29.2 Å². The number of phenolic OH excluding ortho intramolecular Hbond substituents is 1. The minimum absolute atomic E-state index is 0.0780. The number of benzene rings is 2. The van der Waals surface area contributed by atoms with Crippen LogP contribution in [0.25, 0.3) is 6.08 Å². The minimum atomic E-state index is -0.131. The number of thiocarbonyl (C=S) groups is 1. The third kappa shape index (κ3) is 3.76. The summed E-state index contributed by atoms with van der Waals surface area (Å²) in [4.78, 5) is 15.1. The van der Waals surface area contributed by atoms with E-state index >= 15 is 0 Å². The van der Waals surface area contributed by atoms with Crippen LogP contribution in [0, 0.1) is 0 Å². The number of ether oxygens (including phenoxy) is 1. The molecule has 26 heavy (non-hydrogen) atoms. The van der Waals surface area contributed by atoms with Gasteiger partial charge in [0, 0.05) is 0 Å². The monoisotopic (exact) mass is 385 g/mol. The second kappa shape index (κ2) is 7.93. The van der Waals surface area contributed by atoms with Crippen LogP contribution in [0.3, 0.4) is 0 Å². The smallest absolute Gasteiger partial charge is 0.266 e. The average molecular weight is 386 g/mol. The Morgan fingerprint density at radius 2 is 2.00 bits per heavy atom. The molecule has 0 saturated carbocycles. The Labute approximate surface area is 162 Å². The number of hydrogen-bond acceptors (Lipinski definition) is 5. The Hall–Kier alpha value is -2.31. The van der Waals surface area contributed by atoms with E-state index in [0.717, 1.165) is 11.1 Å². The van der Waals surface area contributed by atoms with Crippen molar-refractivity contribution in [1.82, 2.24) is 4.90 Å². The molecule has 0 aromatic heterocycles. The predicted molar refractivity (Wildman–Crippen MR) is 109 cm³/mol. The van der Waals surface area contributed by atoms with Crippen LogP contribution in [0.2, 0.25) is 0 Å². The summed E-state index contributed by atoms with van der Waals surface area (Å²) in [5.74, 6) is 0.367. The fourth-order valence-electron chi connectivity index (χ4n) is 2.74. The fourth-order valence-corrected chi connectivity index (χ4v) is 4.16. The SMILES string of the molecule is CCOc1cc(/C=C2\SC(=S)N([C@H](C)c3ccccc3)C2=O)ccc1O. The molecule has 1 aliphatic heterocycles. The lowest BCUT2D eigenvalue weighted by Crippen LogP contribution is -2.30. The molecule has 2 aromatic carbocycles. The highest BCUT2D eigenvalue weighted by atomic mass is 32.2. The zero-order chi connectivity index (χ0) is 18.7. The highest BCUT2D eigenvalue weighted by molar-refractivity contribution is 8.26. The highest BCUT2D eigenvalue weighted by Crippen LogP contribution is 2.38. The van der Waals surface area contributed by atoms with Gasteiger partial charge >= 0.3 is 0 Å². The highest BCUT2D eigenvalue weighted by Gasteiger charge is 2.35. The molecule has 1 fully saturated rings. The van der Waals surface area contributed by atoms with Crippen molar-refractivity contribution in [1.29, 1.82) is 0 Å². The van der Waals surface area contributed by atoms with Crippen LogP contribution in [0.5, 0.6) is 11.5 Å². The number of carbonyl (C=O) groups excluding carboxylic acids is 1. The molecule has 6 heteroatoms. The van der Waals surface area contributed by atoms with Gasteiger partial charge in [0.2, 0.25) is 0 Å². The fraction of sp³-hybridized carbons (Fsp3) is 0.200. The summed E-state index contributed by atoms with van der Waals surface area (Å²) in [6, 6.07) is 14.7. The van der Waals surface area contributed by atoms with E-state index < -0.39 is 0 Å². The summed E-state index contributed by atoms with van der Waals surface area (Å²) in [6.45, 7) is 4.27. The molecule has 0 aliphatic carbocycles. The van der Waals surface area contributed by atoms with Gasteiger partial charge in [0.05, 0.1) is 17.6 Å². The van der Waals surface area contributed by atoms with Crippen LogP contribution >= 0.6 is 24.0 Å². The second-order valence-electron chi connectivity index (χ2n) is 5.80. The third-order valence-electron chi connectivity index (χ3n) is 4.07.